The maximum Gasteiger partial charge on any atom is 0.296 e. The lowest BCUT2D eigenvalue weighted by Crippen LogP contribution is -2.03. The second kappa shape index (κ2) is 3.51. The average Bonchev–Trinajstić information content (AvgIpc) is 2.21. The highest BCUT2D eigenvalue weighted by molar-refractivity contribution is 7.86. The van der Waals surface area contributed by atoms with Crippen LogP contribution >= 0.6 is 0 Å². The highest BCUT2D eigenvalue weighted by Crippen LogP contribution is 2.35. The Balaban J connectivity index is 2.96. The van der Waals surface area contributed by atoms with Gasteiger partial charge in [-0.1, -0.05) is 6.07 Å². The number of aromatic hydroxyl groups is 1. The zero-order chi connectivity index (χ0) is 12.8. The minimum Gasteiger partial charge on any atom is -0.507 e. The van der Waals surface area contributed by atoms with Crippen LogP contribution in [-0.4, -0.2) is 18.1 Å². The second-order valence-electron chi connectivity index (χ2n) is 3.59. The minimum absolute atomic E-state index is 0.125. The number of phenols is 1. The molecule has 0 aliphatic rings. The molecule has 0 aliphatic heterocycles. The Labute approximate surface area is 97.2 Å². The van der Waals surface area contributed by atoms with Crippen LogP contribution in [0.1, 0.15) is 0 Å². The van der Waals surface area contributed by atoms with Crippen molar-refractivity contribution >= 4 is 32.3 Å². The van der Waals surface area contributed by atoms with Crippen LogP contribution in [0.2, 0.25) is 0 Å². The topological polar surface area (TPSA) is 127 Å². The fourth-order valence-electron chi connectivity index (χ4n) is 1.63. The first-order valence-electron chi connectivity index (χ1n) is 4.59. The molecule has 0 unspecified atom stereocenters. The van der Waals surface area contributed by atoms with Gasteiger partial charge in [0.25, 0.3) is 10.1 Å². The average molecular weight is 254 g/mol. The fraction of sp³-hybridized carbons (Fsp3) is 0. The SMILES string of the molecule is Nc1ccc2c(N)c(S(=O)(=O)O)cc(O)c2c1. The third-order valence-electron chi connectivity index (χ3n) is 2.42. The minimum atomic E-state index is -4.47. The quantitative estimate of drug-likeness (QED) is 0.341. The molecule has 0 saturated heterocycles. The molecule has 17 heavy (non-hydrogen) atoms. The van der Waals surface area contributed by atoms with Crippen molar-refractivity contribution in [3.63, 3.8) is 0 Å². The Morgan fingerprint density at radius 2 is 1.71 bits per heavy atom. The highest BCUT2D eigenvalue weighted by atomic mass is 32.2. The van der Waals surface area contributed by atoms with E-state index >= 15 is 0 Å². The molecule has 0 saturated carbocycles. The van der Waals surface area contributed by atoms with E-state index in [9.17, 15) is 13.5 Å². The summed E-state index contributed by atoms with van der Waals surface area (Å²) in [5.74, 6) is -0.311. The van der Waals surface area contributed by atoms with Gasteiger partial charge in [-0.05, 0) is 12.1 Å². The number of nitrogens with two attached hydrogens (primary N) is 2. The third kappa shape index (κ3) is 1.85. The summed E-state index contributed by atoms with van der Waals surface area (Å²) in [4.78, 5) is -0.521. The van der Waals surface area contributed by atoms with Crippen LogP contribution in [0.3, 0.4) is 0 Å². The van der Waals surface area contributed by atoms with Gasteiger partial charge in [0.1, 0.15) is 10.6 Å². The molecule has 0 aliphatic carbocycles. The lowest BCUT2D eigenvalue weighted by Gasteiger charge is -2.09. The van der Waals surface area contributed by atoms with Crippen LogP contribution in [0, 0.1) is 0 Å². The fourth-order valence-corrected chi connectivity index (χ4v) is 2.28. The zero-order valence-corrected chi connectivity index (χ0v) is 9.40. The maximum atomic E-state index is 11.1. The Bertz CT molecular complexity index is 710. The predicted molar refractivity (Wildman–Crippen MR) is 64.3 cm³/mol. The maximum absolute atomic E-state index is 11.1. The summed E-state index contributed by atoms with van der Waals surface area (Å²) in [6.07, 6.45) is 0. The summed E-state index contributed by atoms with van der Waals surface area (Å²) >= 11 is 0. The Morgan fingerprint density at radius 3 is 2.29 bits per heavy atom. The summed E-state index contributed by atoms with van der Waals surface area (Å²) in [7, 11) is -4.47. The smallest absolute Gasteiger partial charge is 0.296 e. The lowest BCUT2D eigenvalue weighted by molar-refractivity contribution is 0.471. The lowest BCUT2D eigenvalue weighted by atomic mass is 10.1. The first-order chi connectivity index (χ1) is 7.80. The summed E-state index contributed by atoms with van der Waals surface area (Å²) < 4.78 is 31.1. The number of rotatable bonds is 1. The van der Waals surface area contributed by atoms with E-state index in [1.165, 1.54) is 18.2 Å². The molecule has 2 aromatic carbocycles. The molecule has 0 bridgehead atoms. The number of fused-ring (bicyclic) bond motifs is 1. The van der Waals surface area contributed by atoms with Crippen molar-refractivity contribution in [1.82, 2.24) is 0 Å². The molecule has 2 aromatic rings. The molecule has 90 valence electrons. The Hall–Kier alpha value is -1.99. The van der Waals surface area contributed by atoms with E-state index in [-0.39, 0.29) is 11.4 Å². The van der Waals surface area contributed by atoms with E-state index in [2.05, 4.69) is 0 Å². The number of hydrogen-bond acceptors (Lipinski definition) is 5. The van der Waals surface area contributed by atoms with Crippen molar-refractivity contribution in [3.8, 4) is 5.75 Å². The number of phenolic OH excluding ortho intramolecular Hbond substituents is 1. The monoisotopic (exact) mass is 254 g/mol. The van der Waals surface area contributed by atoms with E-state index < -0.39 is 15.0 Å². The molecule has 0 radical (unpaired) electrons. The molecule has 0 amide bonds. The van der Waals surface area contributed by atoms with Gasteiger partial charge in [0, 0.05) is 22.5 Å². The van der Waals surface area contributed by atoms with Gasteiger partial charge < -0.3 is 16.6 Å². The summed E-state index contributed by atoms with van der Waals surface area (Å²) in [6.45, 7) is 0. The molecule has 2 rings (SSSR count). The Kier molecular flexibility index (Phi) is 2.37. The molecule has 6 N–H and O–H groups in total. The molecule has 6 nitrogen and oxygen atoms in total. The van der Waals surface area contributed by atoms with Gasteiger partial charge in [-0.3, -0.25) is 4.55 Å². The highest BCUT2D eigenvalue weighted by Gasteiger charge is 2.18. The largest absolute Gasteiger partial charge is 0.507 e. The van der Waals surface area contributed by atoms with E-state index in [1.807, 2.05) is 0 Å². The van der Waals surface area contributed by atoms with Gasteiger partial charge >= 0.3 is 0 Å². The van der Waals surface area contributed by atoms with Crippen molar-refractivity contribution in [2.24, 2.45) is 0 Å². The van der Waals surface area contributed by atoms with Gasteiger partial charge in [0.2, 0.25) is 0 Å². The van der Waals surface area contributed by atoms with E-state index in [1.54, 1.807) is 0 Å². The van der Waals surface area contributed by atoms with Crippen molar-refractivity contribution in [1.29, 1.82) is 0 Å². The molecule has 0 aromatic heterocycles. The predicted octanol–water partition coefficient (Wildman–Crippen LogP) is 0.957. The van der Waals surface area contributed by atoms with Gasteiger partial charge in [-0.25, -0.2) is 0 Å². The molecule has 0 fully saturated rings. The van der Waals surface area contributed by atoms with Crippen molar-refractivity contribution in [2.75, 3.05) is 11.5 Å². The van der Waals surface area contributed by atoms with E-state index in [4.69, 9.17) is 16.0 Å². The van der Waals surface area contributed by atoms with Crippen LogP contribution < -0.4 is 11.5 Å². The van der Waals surface area contributed by atoms with E-state index in [0.29, 0.717) is 16.5 Å². The summed E-state index contributed by atoms with van der Waals surface area (Å²) in [5, 5.41) is 10.3. The van der Waals surface area contributed by atoms with Crippen LogP contribution in [0.5, 0.6) is 5.75 Å². The van der Waals surface area contributed by atoms with Crippen LogP contribution in [0.4, 0.5) is 11.4 Å². The Morgan fingerprint density at radius 1 is 1.06 bits per heavy atom. The summed E-state index contributed by atoms with van der Waals surface area (Å²) in [5.41, 5.74) is 11.5. The number of anilines is 2. The third-order valence-corrected chi connectivity index (χ3v) is 3.31. The standard InChI is InChI=1S/C10H10N2O4S/c11-5-1-2-6-7(3-5)8(13)4-9(10(6)12)17(14,15)16/h1-4,13H,11-12H2,(H,14,15,16). The zero-order valence-electron chi connectivity index (χ0n) is 8.58. The van der Waals surface area contributed by atoms with Crippen molar-refractivity contribution in [2.45, 2.75) is 4.90 Å². The van der Waals surface area contributed by atoms with Crippen molar-refractivity contribution < 1.29 is 18.1 Å². The van der Waals surface area contributed by atoms with Crippen LogP contribution in [0.15, 0.2) is 29.2 Å². The van der Waals surface area contributed by atoms with Gasteiger partial charge in [-0.2, -0.15) is 8.42 Å². The van der Waals surface area contributed by atoms with Gasteiger partial charge in [0.15, 0.2) is 0 Å². The van der Waals surface area contributed by atoms with Crippen molar-refractivity contribution in [3.05, 3.63) is 24.3 Å². The number of hydrogen-bond donors (Lipinski definition) is 4. The second-order valence-corrected chi connectivity index (χ2v) is 4.98. The molecule has 0 heterocycles. The van der Waals surface area contributed by atoms with Gasteiger partial charge in [-0.15, -0.1) is 0 Å². The first-order valence-corrected chi connectivity index (χ1v) is 6.03. The summed E-state index contributed by atoms with van der Waals surface area (Å²) in [6, 6.07) is 5.36. The molecular weight excluding hydrogens is 244 g/mol. The first kappa shape index (κ1) is 11.5. The molecule has 0 spiro atoms. The molecule has 7 heteroatoms. The normalized spacial score (nSPS) is 11.8. The molecule has 0 atom stereocenters. The van der Waals surface area contributed by atoms with E-state index in [0.717, 1.165) is 6.07 Å². The number of benzene rings is 2. The molecular formula is C10H10N2O4S. The number of nitrogen functional groups attached to an aromatic ring is 2. The van der Waals surface area contributed by atoms with Crippen LogP contribution in [-0.2, 0) is 10.1 Å². The van der Waals surface area contributed by atoms with Crippen LogP contribution in [0.25, 0.3) is 10.8 Å². The van der Waals surface area contributed by atoms with Gasteiger partial charge in [0.05, 0.1) is 5.69 Å².